The summed E-state index contributed by atoms with van der Waals surface area (Å²) < 4.78 is 2.20. The summed E-state index contributed by atoms with van der Waals surface area (Å²) in [5, 5.41) is 10.1. The van der Waals surface area contributed by atoms with Gasteiger partial charge in [0.15, 0.2) is 0 Å². The summed E-state index contributed by atoms with van der Waals surface area (Å²) in [5.74, 6) is -0.894. The van der Waals surface area contributed by atoms with Crippen LogP contribution in [0.15, 0.2) is 42.7 Å². The van der Waals surface area contributed by atoms with Crippen molar-refractivity contribution in [3.05, 3.63) is 65.1 Å². The summed E-state index contributed by atoms with van der Waals surface area (Å²) in [6.45, 7) is 4.83. The van der Waals surface area contributed by atoms with Crippen molar-refractivity contribution in [2.45, 2.75) is 20.4 Å². The second-order valence-electron chi connectivity index (χ2n) is 5.19. The van der Waals surface area contributed by atoms with Gasteiger partial charge in [-0.2, -0.15) is 0 Å². The predicted octanol–water partition coefficient (Wildman–Crippen LogP) is 3.40. The lowest BCUT2D eigenvalue weighted by Crippen LogP contribution is -2.02. The van der Waals surface area contributed by atoms with E-state index >= 15 is 0 Å². The summed E-state index contributed by atoms with van der Waals surface area (Å²) in [5.41, 5.74) is 4.77. The van der Waals surface area contributed by atoms with E-state index in [2.05, 4.69) is 16.5 Å². The minimum absolute atomic E-state index is 0.323. The van der Waals surface area contributed by atoms with E-state index in [-0.39, 0.29) is 0 Å². The van der Waals surface area contributed by atoms with Crippen molar-refractivity contribution in [2.24, 2.45) is 0 Å². The van der Waals surface area contributed by atoms with Crippen LogP contribution in [0.5, 0.6) is 0 Å². The number of hydrogen-bond acceptors (Lipinski definition) is 2. The monoisotopic (exact) mass is 280 g/mol. The first-order valence-corrected chi connectivity index (χ1v) is 6.79. The zero-order valence-electron chi connectivity index (χ0n) is 12.0. The zero-order valence-corrected chi connectivity index (χ0v) is 12.0. The van der Waals surface area contributed by atoms with E-state index in [1.165, 1.54) is 0 Å². The van der Waals surface area contributed by atoms with Crippen LogP contribution in [0.4, 0.5) is 0 Å². The van der Waals surface area contributed by atoms with E-state index in [0.717, 1.165) is 34.3 Å². The second-order valence-corrected chi connectivity index (χ2v) is 5.19. The molecule has 0 fully saturated rings. The van der Waals surface area contributed by atoms with Crippen LogP contribution in [0.2, 0.25) is 0 Å². The zero-order chi connectivity index (χ0) is 15.0. The van der Waals surface area contributed by atoms with Crippen LogP contribution in [0.1, 0.15) is 27.2 Å². The van der Waals surface area contributed by atoms with Crippen LogP contribution in [-0.2, 0) is 6.54 Å². The normalized spacial score (nSPS) is 11.0. The number of benzene rings is 1. The van der Waals surface area contributed by atoms with E-state index in [0.29, 0.717) is 5.56 Å². The van der Waals surface area contributed by atoms with Gasteiger partial charge in [-0.1, -0.05) is 6.07 Å². The summed E-state index contributed by atoms with van der Waals surface area (Å²) in [7, 11) is 0. The summed E-state index contributed by atoms with van der Waals surface area (Å²) >= 11 is 0. The molecular formula is C17H16N2O2. The Balaban J connectivity index is 2.15. The number of rotatable bonds is 3. The van der Waals surface area contributed by atoms with Gasteiger partial charge in [-0.3, -0.25) is 4.98 Å². The molecule has 0 radical (unpaired) electrons. The Hall–Kier alpha value is -2.62. The predicted molar refractivity (Wildman–Crippen MR) is 81.7 cm³/mol. The molecule has 0 atom stereocenters. The maximum atomic E-state index is 11.1. The quantitative estimate of drug-likeness (QED) is 0.800. The molecule has 0 saturated heterocycles. The Kier molecular flexibility index (Phi) is 3.22. The lowest BCUT2D eigenvalue weighted by molar-refractivity contribution is 0.0697. The van der Waals surface area contributed by atoms with Crippen molar-refractivity contribution in [3.63, 3.8) is 0 Å². The molecule has 3 aromatic rings. The molecule has 0 bridgehead atoms. The third kappa shape index (κ3) is 2.29. The lowest BCUT2D eigenvalue weighted by atomic mass is 10.1. The number of nitrogens with zero attached hydrogens (tertiary/aromatic N) is 2. The van der Waals surface area contributed by atoms with Gasteiger partial charge in [0, 0.05) is 35.5 Å². The maximum Gasteiger partial charge on any atom is 0.335 e. The van der Waals surface area contributed by atoms with E-state index in [1.807, 2.05) is 31.3 Å². The number of pyridine rings is 1. The first kappa shape index (κ1) is 13.4. The van der Waals surface area contributed by atoms with Crippen molar-refractivity contribution in [3.8, 4) is 0 Å². The van der Waals surface area contributed by atoms with Crippen LogP contribution >= 0.6 is 0 Å². The summed E-state index contributed by atoms with van der Waals surface area (Å²) in [6, 6.07) is 9.25. The first-order valence-electron chi connectivity index (χ1n) is 6.79. The van der Waals surface area contributed by atoms with E-state index < -0.39 is 5.97 Å². The highest BCUT2D eigenvalue weighted by Gasteiger charge is 2.13. The number of aromatic nitrogens is 2. The Labute approximate surface area is 122 Å². The van der Waals surface area contributed by atoms with Gasteiger partial charge in [-0.15, -0.1) is 0 Å². The molecule has 21 heavy (non-hydrogen) atoms. The van der Waals surface area contributed by atoms with Gasteiger partial charge in [-0.25, -0.2) is 4.79 Å². The Bertz CT molecular complexity index is 820. The number of carboxylic acids is 1. The van der Waals surface area contributed by atoms with Crippen LogP contribution in [0, 0.1) is 13.8 Å². The first-order chi connectivity index (χ1) is 10.1. The van der Waals surface area contributed by atoms with E-state index in [4.69, 9.17) is 5.11 Å². The topological polar surface area (TPSA) is 55.1 Å². The SMILES string of the molecule is Cc1c(C)n(Cc2cccnc2)c2ccc(C(=O)O)cc12. The number of carbonyl (C=O) groups is 1. The smallest absolute Gasteiger partial charge is 0.335 e. The molecule has 0 amide bonds. The number of carboxylic acid groups (broad SMARTS) is 1. The average molecular weight is 280 g/mol. The van der Waals surface area contributed by atoms with Gasteiger partial charge in [0.25, 0.3) is 0 Å². The van der Waals surface area contributed by atoms with Gasteiger partial charge < -0.3 is 9.67 Å². The van der Waals surface area contributed by atoms with Crippen molar-refractivity contribution in [2.75, 3.05) is 0 Å². The lowest BCUT2D eigenvalue weighted by Gasteiger charge is -2.08. The average Bonchev–Trinajstić information content (AvgIpc) is 2.73. The third-order valence-corrected chi connectivity index (χ3v) is 3.95. The van der Waals surface area contributed by atoms with Crippen molar-refractivity contribution >= 4 is 16.9 Å². The molecule has 106 valence electrons. The minimum Gasteiger partial charge on any atom is -0.478 e. The van der Waals surface area contributed by atoms with Gasteiger partial charge in [0.1, 0.15) is 0 Å². The third-order valence-electron chi connectivity index (χ3n) is 3.95. The molecule has 0 aliphatic rings. The highest BCUT2D eigenvalue weighted by molar-refractivity contribution is 5.95. The Morgan fingerprint density at radius 1 is 1.29 bits per heavy atom. The van der Waals surface area contributed by atoms with Crippen molar-refractivity contribution in [1.29, 1.82) is 0 Å². The van der Waals surface area contributed by atoms with Crippen LogP contribution in [0.25, 0.3) is 10.9 Å². The largest absolute Gasteiger partial charge is 0.478 e. The van der Waals surface area contributed by atoms with Gasteiger partial charge in [-0.05, 0) is 49.2 Å². The summed E-state index contributed by atoms with van der Waals surface area (Å²) in [6.07, 6.45) is 3.61. The van der Waals surface area contributed by atoms with Crippen molar-refractivity contribution in [1.82, 2.24) is 9.55 Å². The molecule has 3 rings (SSSR count). The van der Waals surface area contributed by atoms with Gasteiger partial charge in [0.05, 0.1) is 5.56 Å². The van der Waals surface area contributed by atoms with Crippen LogP contribution < -0.4 is 0 Å². The molecule has 0 spiro atoms. The number of aryl methyl sites for hydroxylation is 1. The molecule has 0 aliphatic heterocycles. The van der Waals surface area contributed by atoms with Crippen LogP contribution in [-0.4, -0.2) is 20.6 Å². The maximum absolute atomic E-state index is 11.1. The van der Waals surface area contributed by atoms with Crippen LogP contribution in [0.3, 0.4) is 0 Å². The molecule has 1 aromatic carbocycles. The van der Waals surface area contributed by atoms with E-state index in [1.54, 1.807) is 18.3 Å². The Morgan fingerprint density at radius 2 is 2.10 bits per heavy atom. The molecule has 4 heteroatoms. The summed E-state index contributed by atoms with van der Waals surface area (Å²) in [4.78, 5) is 15.3. The molecule has 1 N–H and O–H groups in total. The molecular weight excluding hydrogens is 264 g/mol. The molecule has 2 aromatic heterocycles. The van der Waals surface area contributed by atoms with Crippen molar-refractivity contribution < 1.29 is 9.90 Å². The molecule has 4 nitrogen and oxygen atoms in total. The molecule has 2 heterocycles. The van der Waals surface area contributed by atoms with Gasteiger partial charge in [0.2, 0.25) is 0 Å². The standard InChI is InChI=1S/C17H16N2O2/c1-11-12(2)19(10-13-4-3-7-18-9-13)16-6-5-14(17(20)21)8-15(11)16/h3-9H,10H2,1-2H3,(H,20,21). The fraction of sp³-hybridized carbons (Fsp3) is 0.176. The fourth-order valence-corrected chi connectivity index (χ4v) is 2.66. The number of hydrogen-bond donors (Lipinski definition) is 1. The minimum atomic E-state index is -0.894. The highest BCUT2D eigenvalue weighted by atomic mass is 16.4. The number of aromatic carboxylic acids is 1. The highest BCUT2D eigenvalue weighted by Crippen LogP contribution is 2.27. The molecule has 0 saturated carbocycles. The fourth-order valence-electron chi connectivity index (χ4n) is 2.66. The second kappa shape index (κ2) is 5.05. The molecule has 0 aliphatic carbocycles. The van der Waals surface area contributed by atoms with Gasteiger partial charge >= 0.3 is 5.97 Å². The van der Waals surface area contributed by atoms with E-state index in [9.17, 15) is 4.79 Å². The Morgan fingerprint density at radius 3 is 2.76 bits per heavy atom. The molecule has 0 unspecified atom stereocenters. The number of fused-ring (bicyclic) bond motifs is 1.